The van der Waals surface area contributed by atoms with Crippen LogP contribution in [0.2, 0.25) is 0 Å². The van der Waals surface area contributed by atoms with E-state index < -0.39 is 0 Å². The minimum Gasteiger partial charge on any atom is -0.483 e. The van der Waals surface area contributed by atoms with Crippen LogP contribution in [0.1, 0.15) is 6.92 Å². The van der Waals surface area contributed by atoms with Crippen molar-refractivity contribution < 1.29 is 4.74 Å². The topological polar surface area (TPSA) is 50.8 Å². The van der Waals surface area contributed by atoms with Gasteiger partial charge in [0.05, 0.1) is 0 Å². The van der Waals surface area contributed by atoms with Crippen LogP contribution in [0.25, 0.3) is 0 Å². The van der Waals surface area contributed by atoms with Gasteiger partial charge < -0.3 is 15.4 Å². The van der Waals surface area contributed by atoms with Gasteiger partial charge in [0, 0.05) is 24.0 Å². The molecule has 4 heteroatoms. The van der Waals surface area contributed by atoms with E-state index in [-0.39, 0.29) is 0 Å². The number of para-hydroxylation sites is 1. The minimum atomic E-state index is 0.458. The Morgan fingerprint density at radius 3 is 2.75 bits per heavy atom. The van der Waals surface area contributed by atoms with Crippen LogP contribution in [0.3, 0.4) is 0 Å². The predicted octanol–water partition coefficient (Wildman–Crippen LogP) is 3.22. The Kier molecular flexibility index (Phi) is 3.29. The standard InChI is InChI=1S/C16H17N3O/c1-2-19(13-6-4-3-5-7-13)16-11-20-15-10-12(17)8-9-14(15)18-16/h3-10H,2,11,17H2,1H3. The molecule has 0 aliphatic carbocycles. The zero-order valence-electron chi connectivity index (χ0n) is 11.4. The Bertz CT molecular complexity index is 637. The number of rotatable bonds is 2. The Morgan fingerprint density at radius 2 is 2.00 bits per heavy atom. The van der Waals surface area contributed by atoms with E-state index in [0.29, 0.717) is 12.3 Å². The Hall–Kier alpha value is -2.49. The molecule has 2 aromatic rings. The molecule has 0 radical (unpaired) electrons. The lowest BCUT2D eigenvalue weighted by molar-refractivity contribution is 0.370. The number of amidine groups is 1. The molecule has 1 heterocycles. The lowest BCUT2D eigenvalue weighted by Crippen LogP contribution is -2.36. The number of fused-ring (bicyclic) bond motifs is 1. The lowest BCUT2D eigenvalue weighted by atomic mass is 10.2. The van der Waals surface area contributed by atoms with E-state index in [1.54, 1.807) is 0 Å². The predicted molar refractivity (Wildman–Crippen MR) is 82.9 cm³/mol. The molecule has 2 N–H and O–H groups in total. The van der Waals surface area contributed by atoms with Crippen LogP contribution in [0.5, 0.6) is 5.75 Å². The summed E-state index contributed by atoms with van der Waals surface area (Å²) in [5.41, 5.74) is 8.40. The molecule has 2 aromatic carbocycles. The molecule has 0 saturated heterocycles. The first-order chi connectivity index (χ1) is 9.78. The van der Waals surface area contributed by atoms with E-state index in [9.17, 15) is 0 Å². The fourth-order valence-electron chi connectivity index (χ4n) is 2.31. The molecule has 0 bridgehead atoms. The number of nitrogen functional groups attached to an aromatic ring is 1. The van der Waals surface area contributed by atoms with Gasteiger partial charge in [0.2, 0.25) is 0 Å². The number of nitrogens with zero attached hydrogens (tertiary/aromatic N) is 2. The number of hydrogen-bond donors (Lipinski definition) is 1. The molecule has 0 atom stereocenters. The molecule has 0 spiro atoms. The van der Waals surface area contributed by atoms with Gasteiger partial charge in [0.1, 0.15) is 23.9 Å². The Labute approximate surface area is 118 Å². The van der Waals surface area contributed by atoms with Gasteiger partial charge in [-0.1, -0.05) is 18.2 Å². The maximum atomic E-state index is 5.77. The third-order valence-corrected chi connectivity index (χ3v) is 3.29. The van der Waals surface area contributed by atoms with Crippen LogP contribution in [-0.2, 0) is 0 Å². The normalized spacial score (nSPS) is 13.2. The third kappa shape index (κ3) is 2.32. The van der Waals surface area contributed by atoms with Gasteiger partial charge in [-0.2, -0.15) is 0 Å². The van der Waals surface area contributed by atoms with Gasteiger partial charge in [0.15, 0.2) is 0 Å². The van der Waals surface area contributed by atoms with Crippen molar-refractivity contribution in [1.29, 1.82) is 0 Å². The molecule has 0 saturated carbocycles. The highest BCUT2D eigenvalue weighted by molar-refractivity contribution is 6.01. The Morgan fingerprint density at radius 1 is 1.20 bits per heavy atom. The first-order valence-electron chi connectivity index (χ1n) is 6.70. The van der Waals surface area contributed by atoms with Crippen molar-refractivity contribution in [2.75, 3.05) is 23.8 Å². The molecular weight excluding hydrogens is 250 g/mol. The number of nitrogens with two attached hydrogens (primary N) is 1. The molecule has 20 heavy (non-hydrogen) atoms. The van der Waals surface area contributed by atoms with E-state index in [0.717, 1.165) is 29.5 Å². The quantitative estimate of drug-likeness (QED) is 0.850. The number of anilines is 2. The van der Waals surface area contributed by atoms with Crippen LogP contribution in [0.15, 0.2) is 53.5 Å². The van der Waals surface area contributed by atoms with Crippen molar-refractivity contribution in [3.05, 3.63) is 48.5 Å². The summed E-state index contributed by atoms with van der Waals surface area (Å²) in [6.07, 6.45) is 0. The lowest BCUT2D eigenvalue weighted by Gasteiger charge is -2.27. The molecule has 0 fully saturated rings. The van der Waals surface area contributed by atoms with Gasteiger partial charge in [-0.15, -0.1) is 0 Å². The zero-order chi connectivity index (χ0) is 13.9. The summed E-state index contributed by atoms with van der Waals surface area (Å²) in [6, 6.07) is 15.8. The molecule has 0 unspecified atom stereocenters. The monoisotopic (exact) mass is 267 g/mol. The van der Waals surface area contributed by atoms with Gasteiger partial charge >= 0.3 is 0 Å². The number of hydrogen-bond acceptors (Lipinski definition) is 4. The van der Waals surface area contributed by atoms with Crippen molar-refractivity contribution in [2.24, 2.45) is 4.99 Å². The van der Waals surface area contributed by atoms with Crippen LogP contribution in [0, 0.1) is 0 Å². The van der Waals surface area contributed by atoms with Crippen molar-refractivity contribution >= 4 is 22.9 Å². The van der Waals surface area contributed by atoms with E-state index >= 15 is 0 Å². The summed E-state index contributed by atoms with van der Waals surface area (Å²) in [5.74, 6) is 1.66. The summed E-state index contributed by atoms with van der Waals surface area (Å²) in [6.45, 7) is 3.41. The molecule has 1 aliphatic heterocycles. The number of likely N-dealkylation sites (N-methyl/N-ethyl adjacent to an activating group) is 1. The zero-order valence-corrected chi connectivity index (χ0v) is 11.4. The largest absolute Gasteiger partial charge is 0.483 e. The highest BCUT2D eigenvalue weighted by atomic mass is 16.5. The van der Waals surface area contributed by atoms with Crippen LogP contribution in [-0.4, -0.2) is 19.0 Å². The second kappa shape index (κ2) is 5.25. The second-order valence-electron chi connectivity index (χ2n) is 4.62. The SMILES string of the molecule is CCN(C1=Nc2ccc(N)cc2OC1)c1ccccc1. The number of aliphatic imine (C=N–C) groups is 1. The van der Waals surface area contributed by atoms with E-state index in [2.05, 4.69) is 24.0 Å². The fraction of sp³-hybridized carbons (Fsp3) is 0.188. The molecule has 0 aromatic heterocycles. The van der Waals surface area contributed by atoms with Crippen molar-refractivity contribution in [3.63, 3.8) is 0 Å². The molecule has 0 amide bonds. The highest BCUT2D eigenvalue weighted by Gasteiger charge is 2.18. The van der Waals surface area contributed by atoms with Crippen molar-refractivity contribution in [2.45, 2.75) is 6.92 Å². The van der Waals surface area contributed by atoms with Crippen LogP contribution in [0.4, 0.5) is 17.1 Å². The maximum absolute atomic E-state index is 5.77. The fourth-order valence-corrected chi connectivity index (χ4v) is 2.31. The summed E-state index contributed by atoms with van der Waals surface area (Å²) in [7, 11) is 0. The first-order valence-corrected chi connectivity index (χ1v) is 6.70. The minimum absolute atomic E-state index is 0.458. The molecule has 4 nitrogen and oxygen atoms in total. The average molecular weight is 267 g/mol. The van der Waals surface area contributed by atoms with E-state index in [4.69, 9.17) is 15.5 Å². The van der Waals surface area contributed by atoms with Crippen LogP contribution < -0.4 is 15.4 Å². The van der Waals surface area contributed by atoms with Gasteiger partial charge in [0.25, 0.3) is 0 Å². The third-order valence-electron chi connectivity index (χ3n) is 3.29. The molecule has 102 valence electrons. The second-order valence-corrected chi connectivity index (χ2v) is 4.62. The summed E-state index contributed by atoms with van der Waals surface area (Å²) in [5, 5.41) is 0. The van der Waals surface area contributed by atoms with Gasteiger partial charge in [-0.3, -0.25) is 0 Å². The van der Waals surface area contributed by atoms with E-state index in [1.807, 2.05) is 36.4 Å². The van der Waals surface area contributed by atoms with E-state index in [1.165, 1.54) is 0 Å². The molecule has 3 rings (SSSR count). The number of benzene rings is 2. The smallest absolute Gasteiger partial charge is 0.148 e. The summed E-state index contributed by atoms with van der Waals surface area (Å²) >= 11 is 0. The molecular formula is C16H17N3O. The first kappa shape index (κ1) is 12.5. The number of ether oxygens (including phenoxy) is 1. The highest BCUT2D eigenvalue weighted by Crippen LogP contribution is 2.33. The molecule has 1 aliphatic rings. The van der Waals surface area contributed by atoms with Gasteiger partial charge in [-0.05, 0) is 31.2 Å². The van der Waals surface area contributed by atoms with Crippen molar-refractivity contribution in [3.8, 4) is 5.75 Å². The summed E-state index contributed by atoms with van der Waals surface area (Å²) in [4.78, 5) is 6.85. The average Bonchev–Trinajstić information content (AvgIpc) is 2.49. The van der Waals surface area contributed by atoms with Crippen LogP contribution >= 0.6 is 0 Å². The van der Waals surface area contributed by atoms with Crippen molar-refractivity contribution in [1.82, 2.24) is 0 Å². The Balaban J connectivity index is 1.96. The van der Waals surface area contributed by atoms with Gasteiger partial charge in [-0.25, -0.2) is 4.99 Å². The summed E-state index contributed by atoms with van der Waals surface area (Å²) < 4.78 is 5.77. The maximum Gasteiger partial charge on any atom is 0.148 e.